The van der Waals surface area contributed by atoms with E-state index in [1.165, 1.54) is 4.90 Å². The van der Waals surface area contributed by atoms with E-state index in [1.54, 1.807) is 24.4 Å². The third-order valence-electron chi connectivity index (χ3n) is 3.12. The van der Waals surface area contributed by atoms with Gasteiger partial charge in [0.25, 0.3) is 11.8 Å². The summed E-state index contributed by atoms with van der Waals surface area (Å²) < 4.78 is 0. The van der Waals surface area contributed by atoms with E-state index in [2.05, 4.69) is 9.97 Å². The van der Waals surface area contributed by atoms with Gasteiger partial charge in [-0.3, -0.25) is 14.5 Å². The van der Waals surface area contributed by atoms with Crippen LogP contribution in [-0.4, -0.2) is 26.7 Å². The number of benzene rings is 1. The molecule has 6 nitrogen and oxygen atoms in total. The Balaban J connectivity index is 1.97. The molecule has 1 aromatic carbocycles. The zero-order chi connectivity index (χ0) is 13.6. The van der Waals surface area contributed by atoms with Crippen molar-refractivity contribution in [1.82, 2.24) is 14.9 Å². The Morgan fingerprint density at radius 1 is 1.32 bits per heavy atom. The van der Waals surface area contributed by atoms with Crippen molar-refractivity contribution in [2.24, 2.45) is 0 Å². The van der Waals surface area contributed by atoms with Crippen molar-refractivity contribution in [3.05, 3.63) is 47.0 Å². The van der Waals surface area contributed by atoms with E-state index in [4.69, 9.17) is 5.73 Å². The molecule has 0 aliphatic carbocycles. The summed E-state index contributed by atoms with van der Waals surface area (Å²) in [5.41, 5.74) is 7.47. The number of imidazole rings is 1. The Bertz CT molecular complexity index is 690. The minimum Gasteiger partial charge on any atom is -0.398 e. The zero-order valence-corrected chi connectivity index (χ0v) is 10.3. The number of hydrogen-bond donors (Lipinski definition) is 2. The number of aromatic nitrogens is 2. The molecule has 1 aromatic heterocycles. The molecule has 0 spiro atoms. The molecule has 1 aliphatic heterocycles. The fourth-order valence-electron chi connectivity index (χ4n) is 2.23. The average molecular weight is 256 g/mol. The Labute approximate surface area is 109 Å². The number of nitrogens with one attached hydrogen (secondary N) is 1. The highest BCUT2D eigenvalue weighted by Crippen LogP contribution is 2.28. The van der Waals surface area contributed by atoms with Crippen molar-refractivity contribution in [2.75, 3.05) is 5.73 Å². The van der Waals surface area contributed by atoms with Gasteiger partial charge in [-0.25, -0.2) is 4.98 Å². The van der Waals surface area contributed by atoms with Gasteiger partial charge in [-0.05, 0) is 19.1 Å². The van der Waals surface area contributed by atoms with Crippen LogP contribution >= 0.6 is 0 Å². The third kappa shape index (κ3) is 1.69. The Kier molecular flexibility index (Phi) is 2.38. The molecule has 6 heteroatoms. The molecule has 0 atom stereocenters. The van der Waals surface area contributed by atoms with Crippen LogP contribution in [0.4, 0.5) is 5.69 Å². The number of fused-ring (bicyclic) bond motifs is 1. The quantitative estimate of drug-likeness (QED) is 0.621. The molecule has 2 aromatic rings. The summed E-state index contributed by atoms with van der Waals surface area (Å²) in [7, 11) is 0. The molecular weight excluding hydrogens is 244 g/mol. The lowest BCUT2D eigenvalue weighted by atomic mass is 10.1. The van der Waals surface area contributed by atoms with Crippen LogP contribution in [0.2, 0.25) is 0 Å². The van der Waals surface area contributed by atoms with Crippen molar-refractivity contribution in [1.29, 1.82) is 0 Å². The first-order chi connectivity index (χ1) is 9.08. The number of aryl methyl sites for hydroxylation is 1. The summed E-state index contributed by atoms with van der Waals surface area (Å²) in [6.45, 7) is 1.98. The maximum Gasteiger partial charge on any atom is 0.264 e. The first-order valence-corrected chi connectivity index (χ1v) is 5.83. The second kappa shape index (κ2) is 3.94. The normalized spacial score (nSPS) is 14.1. The van der Waals surface area contributed by atoms with Gasteiger partial charge in [-0.2, -0.15) is 0 Å². The molecule has 0 fully saturated rings. The lowest BCUT2D eigenvalue weighted by Gasteiger charge is -2.12. The standard InChI is InChI=1S/C13H12N4O2/c1-7-15-5-8(16-7)6-17-12(18)9-3-2-4-10(14)11(9)13(17)19/h2-5H,6,14H2,1H3,(H,15,16). The van der Waals surface area contributed by atoms with E-state index in [0.717, 1.165) is 5.82 Å². The average Bonchev–Trinajstić information content (AvgIpc) is 2.88. The Hall–Kier alpha value is -2.63. The molecule has 2 amide bonds. The lowest BCUT2D eigenvalue weighted by Crippen LogP contribution is -2.29. The number of rotatable bonds is 2. The maximum atomic E-state index is 12.2. The van der Waals surface area contributed by atoms with Gasteiger partial charge in [-0.1, -0.05) is 6.07 Å². The number of hydrogen-bond acceptors (Lipinski definition) is 4. The van der Waals surface area contributed by atoms with E-state index in [0.29, 0.717) is 22.5 Å². The molecule has 3 N–H and O–H groups in total. The van der Waals surface area contributed by atoms with Crippen LogP contribution in [0.25, 0.3) is 0 Å². The van der Waals surface area contributed by atoms with Gasteiger partial charge in [0.2, 0.25) is 0 Å². The van der Waals surface area contributed by atoms with E-state index in [1.807, 2.05) is 6.92 Å². The van der Waals surface area contributed by atoms with Crippen molar-refractivity contribution < 1.29 is 9.59 Å². The molecule has 0 saturated heterocycles. The van der Waals surface area contributed by atoms with Crippen LogP contribution in [0.15, 0.2) is 24.4 Å². The first-order valence-electron chi connectivity index (χ1n) is 5.83. The molecule has 96 valence electrons. The van der Waals surface area contributed by atoms with Crippen LogP contribution in [0.5, 0.6) is 0 Å². The molecule has 0 radical (unpaired) electrons. The van der Waals surface area contributed by atoms with Crippen molar-refractivity contribution in [2.45, 2.75) is 13.5 Å². The fraction of sp³-hybridized carbons (Fsp3) is 0.154. The summed E-state index contributed by atoms with van der Waals surface area (Å²) in [5, 5.41) is 0. The number of imide groups is 1. The van der Waals surface area contributed by atoms with Gasteiger partial charge >= 0.3 is 0 Å². The molecule has 0 bridgehead atoms. The number of carbonyl (C=O) groups excluding carboxylic acids is 2. The number of aromatic amines is 1. The number of nitrogens with two attached hydrogens (primary N) is 1. The van der Waals surface area contributed by atoms with Crippen LogP contribution in [0, 0.1) is 6.92 Å². The summed E-state index contributed by atoms with van der Waals surface area (Å²) in [5.74, 6) is 0.0658. The zero-order valence-electron chi connectivity index (χ0n) is 10.3. The largest absolute Gasteiger partial charge is 0.398 e. The number of carbonyl (C=O) groups is 2. The highest BCUT2D eigenvalue weighted by molar-refractivity contribution is 6.23. The number of nitrogen functional groups attached to an aromatic ring is 1. The molecular formula is C13H12N4O2. The second-order valence-electron chi connectivity index (χ2n) is 4.46. The number of nitrogens with zero attached hydrogens (tertiary/aromatic N) is 2. The number of H-pyrrole nitrogens is 1. The van der Waals surface area contributed by atoms with E-state index in [9.17, 15) is 9.59 Å². The van der Waals surface area contributed by atoms with Gasteiger partial charge in [0, 0.05) is 5.69 Å². The molecule has 19 heavy (non-hydrogen) atoms. The van der Waals surface area contributed by atoms with Crippen molar-refractivity contribution >= 4 is 17.5 Å². The Morgan fingerprint density at radius 2 is 2.11 bits per heavy atom. The highest BCUT2D eigenvalue weighted by Gasteiger charge is 2.37. The number of anilines is 1. The summed E-state index contributed by atoms with van der Waals surface area (Å²) >= 11 is 0. The molecule has 1 aliphatic rings. The third-order valence-corrected chi connectivity index (χ3v) is 3.12. The summed E-state index contributed by atoms with van der Waals surface area (Å²) in [6.07, 6.45) is 1.61. The van der Waals surface area contributed by atoms with Crippen LogP contribution < -0.4 is 5.73 Å². The summed E-state index contributed by atoms with van der Waals surface area (Å²) in [4.78, 5) is 32.6. The highest BCUT2D eigenvalue weighted by atomic mass is 16.2. The van der Waals surface area contributed by atoms with E-state index in [-0.39, 0.29) is 18.4 Å². The van der Waals surface area contributed by atoms with E-state index < -0.39 is 0 Å². The molecule has 3 rings (SSSR count). The SMILES string of the molecule is Cc1ncc(CN2C(=O)c3cccc(N)c3C2=O)[nH]1. The number of amides is 2. The topological polar surface area (TPSA) is 92.1 Å². The summed E-state index contributed by atoms with van der Waals surface area (Å²) in [6, 6.07) is 4.90. The van der Waals surface area contributed by atoms with Gasteiger partial charge < -0.3 is 10.7 Å². The van der Waals surface area contributed by atoms with Crippen molar-refractivity contribution in [3.63, 3.8) is 0 Å². The predicted molar refractivity (Wildman–Crippen MR) is 68.4 cm³/mol. The fourth-order valence-corrected chi connectivity index (χ4v) is 2.23. The monoisotopic (exact) mass is 256 g/mol. The van der Waals surface area contributed by atoms with Crippen LogP contribution in [0.1, 0.15) is 32.2 Å². The van der Waals surface area contributed by atoms with Crippen LogP contribution in [0.3, 0.4) is 0 Å². The minimum absolute atomic E-state index is 0.173. The lowest BCUT2D eigenvalue weighted by molar-refractivity contribution is 0.0641. The Morgan fingerprint density at radius 3 is 2.74 bits per heavy atom. The molecule has 2 heterocycles. The predicted octanol–water partition coefficient (Wildman–Crippen LogP) is 1.10. The van der Waals surface area contributed by atoms with Crippen LogP contribution in [-0.2, 0) is 6.54 Å². The van der Waals surface area contributed by atoms with E-state index >= 15 is 0 Å². The van der Waals surface area contributed by atoms with Crippen molar-refractivity contribution in [3.8, 4) is 0 Å². The first kappa shape index (κ1) is 11.5. The molecule has 0 unspecified atom stereocenters. The smallest absolute Gasteiger partial charge is 0.264 e. The van der Waals surface area contributed by atoms with Gasteiger partial charge in [-0.15, -0.1) is 0 Å². The second-order valence-corrected chi connectivity index (χ2v) is 4.46. The van der Waals surface area contributed by atoms with Gasteiger partial charge in [0.1, 0.15) is 5.82 Å². The minimum atomic E-state index is -0.356. The molecule has 0 saturated carbocycles. The maximum absolute atomic E-state index is 12.2. The van der Waals surface area contributed by atoms with Gasteiger partial charge in [0.15, 0.2) is 0 Å². The van der Waals surface area contributed by atoms with Gasteiger partial charge in [0.05, 0.1) is 29.6 Å².